The molecule has 0 bridgehead atoms. The lowest BCUT2D eigenvalue weighted by Crippen LogP contribution is -2.00. The van der Waals surface area contributed by atoms with E-state index in [1.807, 2.05) is 6.92 Å². The highest BCUT2D eigenvalue weighted by atomic mass is 35.5. The topological polar surface area (TPSA) is 20.2 Å². The normalized spacial score (nSPS) is 12.8. The van der Waals surface area contributed by atoms with Gasteiger partial charge in [-0.2, -0.15) is 11.8 Å². The molecule has 0 amide bonds. The van der Waals surface area contributed by atoms with Crippen molar-refractivity contribution < 1.29 is 9.50 Å². The van der Waals surface area contributed by atoms with Crippen molar-refractivity contribution in [2.24, 2.45) is 0 Å². The smallest absolute Gasteiger partial charge is 0.145 e. The fourth-order valence-corrected chi connectivity index (χ4v) is 2.31. The van der Waals surface area contributed by atoms with Crippen LogP contribution >= 0.6 is 23.4 Å². The third kappa shape index (κ3) is 4.01. The maximum atomic E-state index is 13.4. The molecule has 0 saturated heterocycles. The molecule has 4 heteroatoms. The van der Waals surface area contributed by atoms with Crippen molar-refractivity contribution in [3.05, 3.63) is 34.6 Å². The molecular weight excluding hydrogens is 235 g/mol. The van der Waals surface area contributed by atoms with Crippen LogP contribution in [-0.2, 0) is 5.75 Å². The van der Waals surface area contributed by atoms with Crippen molar-refractivity contribution >= 4 is 23.4 Å². The molecule has 84 valence electrons. The van der Waals surface area contributed by atoms with Gasteiger partial charge < -0.3 is 5.11 Å². The van der Waals surface area contributed by atoms with Crippen molar-refractivity contribution in [3.63, 3.8) is 0 Å². The van der Waals surface area contributed by atoms with E-state index in [0.29, 0.717) is 16.6 Å². The Hall–Kier alpha value is -0.250. The number of aliphatic hydroxyl groups is 1. The molecule has 1 atom stereocenters. The Morgan fingerprint density at radius 3 is 2.93 bits per heavy atom. The van der Waals surface area contributed by atoms with Gasteiger partial charge in [-0.3, -0.25) is 0 Å². The molecule has 0 aliphatic heterocycles. The largest absolute Gasteiger partial charge is 0.396 e. The molecule has 0 aliphatic carbocycles. The van der Waals surface area contributed by atoms with Crippen molar-refractivity contribution in [1.82, 2.24) is 0 Å². The van der Waals surface area contributed by atoms with E-state index < -0.39 is 0 Å². The van der Waals surface area contributed by atoms with Gasteiger partial charge >= 0.3 is 0 Å². The maximum Gasteiger partial charge on any atom is 0.145 e. The Kier molecular flexibility index (Phi) is 5.43. The Bertz CT molecular complexity index is 319. The molecule has 0 radical (unpaired) electrons. The highest BCUT2D eigenvalue weighted by molar-refractivity contribution is 7.99. The zero-order valence-electron chi connectivity index (χ0n) is 8.54. The quantitative estimate of drug-likeness (QED) is 0.861. The van der Waals surface area contributed by atoms with Gasteiger partial charge in [0.05, 0.1) is 5.02 Å². The van der Waals surface area contributed by atoms with E-state index in [9.17, 15) is 4.39 Å². The van der Waals surface area contributed by atoms with Crippen LogP contribution in [0.5, 0.6) is 0 Å². The van der Waals surface area contributed by atoms with Crippen molar-refractivity contribution in [1.29, 1.82) is 0 Å². The molecule has 1 unspecified atom stereocenters. The van der Waals surface area contributed by atoms with Gasteiger partial charge in [0.2, 0.25) is 0 Å². The summed E-state index contributed by atoms with van der Waals surface area (Å²) in [6, 6.07) is 5.03. The Morgan fingerprint density at radius 2 is 2.27 bits per heavy atom. The summed E-state index contributed by atoms with van der Waals surface area (Å²) in [6.45, 7) is 2.19. The molecule has 1 aromatic carbocycles. The second kappa shape index (κ2) is 6.36. The van der Waals surface area contributed by atoms with Crippen LogP contribution in [0.1, 0.15) is 18.9 Å². The second-order valence-corrected chi connectivity index (χ2v) is 5.18. The molecular formula is C11H14ClFOS. The lowest BCUT2D eigenvalue weighted by molar-refractivity contribution is 0.289. The number of benzene rings is 1. The third-order valence-electron chi connectivity index (χ3n) is 2.09. The standard InChI is InChI=1S/C11H14ClFOS/c1-8(5-6-14)15-7-9-3-2-4-10(12)11(9)13/h2-4,8,14H,5-7H2,1H3. The van der Waals surface area contributed by atoms with E-state index in [0.717, 1.165) is 6.42 Å². The molecule has 0 fully saturated rings. The van der Waals surface area contributed by atoms with Gasteiger partial charge in [-0.25, -0.2) is 4.39 Å². The molecule has 0 spiro atoms. The Labute approximate surface area is 98.6 Å². The monoisotopic (exact) mass is 248 g/mol. The van der Waals surface area contributed by atoms with Gasteiger partial charge in [-0.15, -0.1) is 0 Å². The van der Waals surface area contributed by atoms with Crippen LogP contribution in [-0.4, -0.2) is 17.0 Å². The molecule has 0 aromatic heterocycles. The van der Waals surface area contributed by atoms with Crippen LogP contribution in [0.2, 0.25) is 5.02 Å². The number of rotatable bonds is 5. The first-order valence-electron chi connectivity index (χ1n) is 4.80. The van der Waals surface area contributed by atoms with Gasteiger partial charge in [-0.05, 0) is 18.1 Å². The zero-order chi connectivity index (χ0) is 11.3. The fourth-order valence-electron chi connectivity index (χ4n) is 1.16. The molecule has 0 aliphatic rings. The summed E-state index contributed by atoms with van der Waals surface area (Å²) in [4.78, 5) is 0. The molecule has 1 nitrogen and oxygen atoms in total. The zero-order valence-corrected chi connectivity index (χ0v) is 10.1. The van der Waals surface area contributed by atoms with Gasteiger partial charge in [0.1, 0.15) is 5.82 Å². The minimum atomic E-state index is -0.331. The molecule has 1 aromatic rings. The summed E-state index contributed by atoms with van der Waals surface area (Å²) >= 11 is 7.28. The minimum absolute atomic E-state index is 0.169. The van der Waals surface area contributed by atoms with Crippen LogP contribution in [0.3, 0.4) is 0 Å². The van der Waals surface area contributed by atoms with Gasteiger partial charge in [-0.1, -0.05) is 30.7 Å². The molecule has 15 heavy (non-hydrogen) atoms. The predicted molar refractivity (Wildman–Crippen MR) is 63.9 cm³/mol. The number of hydrogen-bond donors (Lipinski definition) is 1. The van der Waals surface area contributed by atoms with E-state index >= 15 is 0 Å². The summed E-state index contributed by atoms with van der Waals surface area (Å²) in [5.74, 6) is 0.260. The summed E-state index contributed by atoms with van der Waals surface area (Å²) in [7, 11) is 0. The Morgan fingerprint density at radius 1 is 1.53 bits per heavy atom. The van der Waals surface area contributed by atoms with E-state index in [2.05, 4.69) is 0 Å². The number of thioether (sulfide) groups is 1. The molecule has 0 heterocycles. The average molecular weight is 249 g/mol. The van der Waals surface area contributed by atoms with E-state index in [-0.39, 0.29) is 17.4 Å². The molecule has 0 saturated carbocycles. The summed E-state index contributed by atoms with van der Waals surface area (Å²) in [5.41, 5.74) is 0.622. The number of halogens is 2. The lowest BCUT2D eigenvalue weighted by atomic mass is 10.2. The Balaban J connectivity index is 2.54. The minimum Gasteiger partial charge on any atom is -0.396 e. The van der Waals surface area contributed by atoms with E-state index in [4.69, 9.17) is 16.7 Å². The second-order valence-electron chi connectivity index (χ2n) is 3.35. The highest BCUT2D eigenvalue weighted by Gasteiger charge is 2.08. The lowest BCUT2D eigenvalue weighted by Gasteiger charge is -2.10. The van der Waals surface area contributed by atoms with Gasteiger partial charge in [0.15, 0.2) is 0 Å². The average Bonchev–Trinajstić information content (AvgIpc) is 2.21. The van der Waals surface area contributed by atoms with E-state index in [1.165, 1.54) is 0 Å². The van der Waals surface area contributed by atoms with Crippen LogP contribution in [0, 0.1) is 5.82 Å². The summed E-state index contributed by atoms with van der Waals surface area (Å²) < 4.78 is 13.4. The third-order valence-corrected chi connectivity index (χ3v) is 3.66. The molecule has 1 N–H and O–H groups in total. The summed E-state index contributed by atoms with van der Waals surface area (Å²) in [6.07, 6.45) is 0.729. The van der Waals surface area contributed by atoms with Crippen molar-refractivity contribution in [3.8, 4) is 0 Å². The highest BCUT2D eigenvalue weighted by Crippen LogP contribution is 2.24. The van der Waals surface area contributed by atoms with Gasteiger partial charge in [0.25, 0.3) is 0 Å². The predicted octanol–water partition coefficient (Wildman–Crippen LogP) is 3.48. The first-order valence-corrected chi connectivity index (χ1v) is 6.23. The maximum absolute atomic E-state index is 13.4. The van der Waals surface area contributed by atoms with Crippen molar-refractivity contribution in [2.75, 3.05) is 6.61 Å². The molecule has 1 rings (SSSR count). The number of hydrogen-bond acceptors (Lipinski definition) is 2. The SMILES string of the molecule is CC(CCO)SCc1cccc(Cl)c1F. The van der Waals surface area contributed by atoms with Crippen LogP contribution in [0.4, 0.5) is 4.39 Å². The van der Waals surface area contributed by atoms with Crippen LogP contribution < -0.4 is 0 Å². The van der Waals surface area contributed by atoms with Gasteiger partial charge in [0, 0.05) is 17.6 Å². The summed E-state index contributed by atoms with van der Waals surface area (Å²) in [5, 5.41) is 9.22. The van der Waals surface area contributed by atoms with E-state index in [1.54, 1.807) is 30.0 Å². The first kappa shape index (κ1) is 12.8. The fraction of sp³-hybridized carbons (Fsp3) is 0.455. The van der Waals surface area contributed by atoms with Crippen LogP contribution in [0.25, 0.3) is 0 Å². The number of aliphatic hydroxyl groups excluding tert-OH is 1. The van der Waals surface area contributed by atoms with Crippen LogP contribution in [0.15, 0.2) is 18.2 Å². The first-order chi connectivity index (χ1) is 7.15. The van der Waals surface area contributed by atoms with Crippen molar-refractivity contribution in [2.45, 2.75) is 24.3 Å².